The molecule has 3 aromatic rings. The van der Waals surface area contributed by atoms with Crippen LogP contribution in [0.4, 0.5) is 13.2 Å². The van der Waals surface area contributed by atoms with E-state index in [1.807, 2.05) is 36.9 Å². The van der Waals surface area contributed by atoms with E-state index < -0.39 is 11.7 Å². The number of benzene rings is 2. The van der Waals surface area contributed by atoms with Crippen LogP contribution in [0.1, 0.15) is 27.9 Å². The molecule has 0 bridgehead atoms. The molecule has 1 aromatic heterocycles. The van der Waals surface area contributed by atoms with E-state index >= 15 is 0 Å². The summed E-state index contributed by atoms with van der Waals surface area (Å²) in [4.78, 5) is 21.8. The minimum atomic E-state index is -4.41. The minimum Gasteiger partial charge on any atom is -0.478 e. The molecule has 0 fully saturated rings. The van der Waals surface area contributed by atoms with E-state index in [0.29, 0.717) is 43.1 Å². The second-order valence-electron chi connectivity index (χ2n) is 7.69. The number of fused-ring (bicyclic) bond motifs is 1. The number of ether oxygens (including phenoxy) is 1. The molecule has 2 aromatic carbocycles. The first-order valence-corrected chi connectivity index (χ1v) is 9.93. The van der Waals surface area contributed by atoms with E-state index in [1.165, 1.54) is 12.1 Å². The Morgan fingerprint density at radius 2 is 1.87 bits per heavy atom. The van der Waals surface area contributed by atoms with Gasteiger partial charge in [-0.3, -0.25) is 9.69 Å². The molecule has 8 heteroatoms. The normalized spacial score (nSPS) is 14.4. The molecule has 31 heavy (non-hydrogen) atoms. The van der Waals surface area contributed by atoms with E-state index in [1.54, 1.807) is 0 Å². The van der Waals surface area contributed by atoms with E-state index in [4.69, 9.17) is 4.74 Å². The Morgan fingerprint density at radius 3 is 2.58 bits per heavy atom. The minimum absolute atomic E-state index is 0.255. The van der Waals surface area contributed by atoms with Gasteiger partial charge in [0.05, 0.1) is 11.3 Å². The Hall–Kier alpha value is -3.13. The first kappa shape index (κ1) is 21.1. The molecule has 0 radical (unpaired) electrons. The Labute approximate surface area is 177 Å². The van der Waals surface area contributed by atoms with Crippen LogP contribution >= 0.6 is 0 Å². The molecule has 0 saturated heterocycles. The van der Waals surface area contributed by atoms with E-state index in [9.17, 15) is 18.0 Å². The van der Waals surface area contributed by atoms with Gasteiger partial charge in [0.15, 0.2) is 0 Å². The first-order valence-electron chi connectivity index (χ1n) is 9.93. The van der Waals surface area contributed by atoms with Crippen LogP contribution in [0.3, 0.4) is 0 Å². The van der Waals surface area contributed by atoms with Crippen molar-refractivity contribution in [3.05, 3.63) is 80.8 Å². The third-order valence-electron chi connectivity index (χ3n) is 5.60. The zero-order valence-corrected chi connectivity index (χ0v) is 17.2. The van der Waals surface area contributed by atoms with Crippen molar-refractivity contribution in [2.75, 3.05) is 13.3 Å². The summed E-state index contributed by atoms with van der Waals surface area (Å²) in [6, 6.07) is 10.5. The first-order chi connectivity index (χ1) is 14.7. The van der Waals surface area contributed by atoms with Crippen molar-refractivity contribution in [2.45, 2.75) is 33.0 Å². The molecule has 0 aliphatic carbocycles. The van der Waals surface area contributed by atoms with Gasteiger partial charge in [0, 0.05) is 24.2 Å². The maximum absolute atomic E-state index is 12.8. The summed E-state index contributed by atoms with van der Waals surface area (Å²) in [6.45, 7) is 5.47. The lowest BCUT2D eigenvalue weighted by molar-refractivity contribution is -0.137. The summed E-state index contributed by atoms with van der Waals surface area (Å²) in [6.07, 6.45) is -3.88. The number of aromatic amines is 1. The molecule has 1 aliphatic rings. The van der Waals surface area contributed by atoms with Gasteiger partial charge >= 0.3 is 6.18 Å². The Kier molecular flexibility index (Phi) is 5.58. The van der Waals surface area contributed by atoms with Crippen molar-refractivity contribution in [2.24, 2.45) is 0 Å². The molecule has 162 valence electrons. The molecule has 5 nitrogen and oxygen atoms in total. The number of nitrogens with one attached hydrogen (secondary N) is 1. The summed E-state index contributed by atoms with van der Waals surface area (Å²) in [5, 5.41) is 0. The lowest BCUT2D eigenvalue weighted by Crippen LogP contribution is -2.37. The van der Waals surface area contributed by atoms with Crippen LogP contribution in [0.15, 0.2) is 47.3 Å². The highest BCUT2D eigenvalue weighted by molar-refractivity contribution is 5.56. The second-order valence-corrected chi connectivity index (χ2v) is 7.69. The highest BCUT2D eigenvalue weighted by atomic mass is 19.4. The topological polar surface area (TPSA) is 58.2 Å². The van der Waals surface area contributed by atoms with Crippen molar-refractivity contribution in [1.29, 1.82) is 0 Å². The van der Waals surface area contributed by atoms with Gasteiger partial charge < -0.3 is 9.72 Å². The standard InChI is InChI=1S/C23H22F3N3O2/c1-14-4-3-5-20(15(14)2)31-13-29-11-10-18-19(12-29)27-21(28-22(18)30)16-6-8-17(9-7-16)23(24,25)26/h3-9H,10-13H2,1-2H3,(H,27,28,30). The van der Waals surface area contributed by atoms with Crippen molar-refractivity contribution < 1.29 is 17.9 Å². The van der Waals surface area contributed by atoms with E-state index in [-0.39, 0.29) is 11.4 Å². The summed E-state index contributed by atoms with van der Waals surface area (Å²) >= 11 is 0. The zero-order chi connectivity index (χ0) is 22.2. The van der Waals surface area contributed by atoms with Crippen LogP contribution in [0.25, 0.3) is 11.4 Å². The van der Waals surface area contributed by atoms with Gasteiger partial charge in [0.1, 0.15) is 18.3 Å². The zero-order valence-electron chi connectivity index (χ0n) is 17.2. The van der Waals surface area contributed by atoms with Crippen LogP contribution in [0, 0.1) is 13.8 Å². The van der Waals surface area contributed by atoms with Crippen LogP contribution in [0.5, 0.6) is 5.75 Å². The van der Waals surface area contributed by atoms with Gasteiger partial charge in [-0.05, 0) is 49.6 Å². The van der Waals surface area contributed by atoms with E-state index in [0.717, 1.165) is 29.0 Å². The average Bonchev–Trinajstić information content (AvgIpc) is 2.74. The lowest BCUT2D eigenvalue weighted by Gasteiger charge is -2.28. The number of H-pyrrole nitrogens is 1. The number of rotatable bonds is 4. The summed E-state index contributed by atoms with van der Waals surface area (Å²) in [5.41, 5.74) is 2.89. The molecule has 2 heterocycles. The maximum Gasteiger partial charge on any atom is 0.416 e. The molecule has 1 aliphatic heterocycles. The van der Waals surface area contributed by atoms with Crippen molar-refractivity contribution in [3.63, 3.8) is 0 Å². The number of hydrogen-bond donors (Lipinski definition) is 1. The second kappa shape index (κ2) is 8.19. The third kappa shape index (κ3) is 4.49. The average molecular weight is 429 g/mol. The Bertz CT molecular complexity index is 1150. The van der Waals surface area contributed by atoms with Gasteiger partial charge in [-0.25, -0.2) is 4.98 Å². The van der Waals surface area contributed by atoms with Crippen LogP contribution in [0.2, 0.25) is 0 Å². The molecule has 0 amide bonds. The quantitative estimate of drug-likeness (QED) is 0.665. The number of aryl methyl sites for hydroxylation is 1. The van der Waals surface area contributed by atoms with Gasteiger partial charge in [0.25, 0.3) is 5.56 Å². The fourth-order valence-corrected chi connectivity index (χ4v) is 3.60. The third-order valence-corrected chi connectivity index (χ3v) is 5.60. The lowest BCUT2D eigenvalue weighted by atomic mass is 10.1. The molecular formula is C23H22F3N3O2. The molecule has 0 unspecified atom stereocenters. The smallest absolute Gasteiger partial charge is 0.416 e. The van der Waals surface area contributed by atoms with Crippen LogP contribution in [-0.2, 0) is 19.1 Å². The SMILES string of the molecule is Cc1cccc(OCN2CCc3c(nc(-c4ccc(C(F)(F)F)cc4)[nH]c3=O)C2)c1C. The molecule has 0 saturated carbocycles. The number of halogens is 3. The summed E-state index contributed by atoms with van der Waals surface area (Å²) in [5.74, 6) is 1.07. The predicted molar refractivity (Wildman–Crippen MR) is 111 cm³/mol. The Balaban J connectivity index is 1.53. The molecule has 0 spiro atoms. The molecule has 1 N–H and O–H groups in total. The van der Waals surface area contributed by atoms with Crippen molar-refractivity contribution in [1.82, 2.24) is 14.9 Å². The van der Waals surface area contributed by atoms with Gasteiger partial charge in [-0.2, -0.15) is 13.2 Å². The number of hydrogen-bond acceptors (Lipinski definition) is 4. The highest BCUT2D eigenvalue weighted by Crippen LogP contribution is 2.30. The summed E-state index contributed by atoms with van der Waals surface area (Å²) < 4.78 is 44.4. The fraction of sp³-hybridized carbons (Fsp3) is 0.304. The number of aromatic nitrogens is 2. The van der Waals surface area contributed by atoms with Crippen LogP contribution in [-0.4, -0.2) is 28.1 Å². The van der Waals surface area contributed by atoms with Gasteiger partial charge in [-0.15, -0.1) is 0 Å². The maximum atomic E-state index is 12.8. The number of nitrogens with zero attached hydrogens (tertiary/aromatic N) is 2. The largest absolute Gasteiger partial charge is 0.478 e. The van der Waals surface area contributed by atoms with Crippen molar-refractivity contribution in [3.8, 4) is 17.1 Å². The van der Waals surface area contributed by atoms with Crippen molar-refractivity contribution >= 4 is 0 Å². The highest BCUT2D eigenvalue weighted by Gasteiger charge is 2.30. The predicted octanol–water partition coefficient (Wildman–Crippen LogP) is 4.47. The van der Waals surface area contributed by atoms with E-state index in [2.05, 4.69) is 9.97 Å². The van der Waals surface area contributed by atoms with Gasteiger partial charge in [-0.1, -0.05) is 24.3 Å². The van der Waals surface area contributed by atoms with Crippen LogP contribution < -0.4 is 10.3 Å². The Morgan fingerprint density at radius 1 is 1.13 bits per heavy atom. The molecule has 0 atom stereocenters. The molecular weight excluding hydrogens is 407 g/mol. The number of alkyl halides is 3. The monoisotopic (exact) mass is 429 g/mol. The summed E-state index contributed by atoms with van der Waals surface area (Å²) in [7, 11) is 0. The van der Waals surface area contributed by atoms with Gasteiger partial charge in [0.2, 0.25) is 0 Å². The fourth-order valence-electron chi connectivity index (χ4n) is 3.60. The molecule has 4 rings (SSSR count).